The third-order valence-corrected chi connectivity index (χ3v) is 4.85. The lowest BCUT2D eigenvalue weighted by Crippen LogP contribution is -2.08. The minimum Gasteiger partial charge on any atom is -0.494 e. The fourth-order valence-corrected chi connectivity index (χ4v) is 3.06. The number of carbonyl (C=O) groups excluding carboxylic acids is 1. The van der Waals surface area contributed by atoms with Crippen LogP contribution in [0.5, 0.6) is 11.5 Å². The van der Waals surface area contributed by atoms with Crippen LogP contribution in [0, 0.1) is 17.7 Å². The molecule has 3 aromatic carbocycles. The van der Waals surface area contributed by atoms with Crippen molar-refractivity contribution in [1.82, 2.24) is 0 Å². The normalized spacial score (nSPS) is 10.2. The Morgan fingerprint density at radius 3 is 2.06 bits per heavy atom. The molecule has 0 aliphatic carbocycles. The minimum atomic E-state index is -0.605. The smallest absolute Gasteiger partial charge is 0.343 e. The van der Waals surface area contributed by atoms with Crippen LogP contribution in [0.25, 0.3) is 0 Å². The van der Waals surface area contributed by atoms with E-state index in [2.05, 4.69) is 18.8 Å². The summed E-state index contributed by atoms with van der Waals surface area (Å²) in [6.45, 7) is 2.95. The van der Waals surface area contributed by atoms with Gasteiger partial charge in [-0.25, -0.2) is 9.18 Å². The quantitative estimate of drug-likeness (QED) is 0.162. The fourth-order valence-electron chi connectivity index (χ4n) is 3.06. The van der Waals surface area contributed by atoms with Gasteiger partial charge in [0.15, 0.2) is 0 Å². The molecule has 32 heavy (non-hydrogen) atoms. The Balaban J connectivity index is 1.49. The first kappa shape index (κ1) is 23.1. The summed E-state index contributed by atoms with van der Waals surface area (Å²) < 4.78 is 24.3. The molecule has 0 spiro atoms. The maximum atomic E-state index is 13.2. The van der Waals surface area contributed by atoms with E-state index in [0.29, 0.717) is 5.75 Å². The van der Waals surface area contributed by atoms with Gasteiger partial charge in [0, 0.05) is 11.1 Å². The summed E-state index contributed by atoms with van der Waals surface area (Å²) in [6.07, 6.45) is 6.09. The Labute approximate surface area is 189 Å². The summed E-state index contributed by atoms with van der Waals surface area (Å²) in [5.41, 5.74) is 1.85. The summed E-state index contributed by atoms with van der Waals surface area (Å²) in [6, 6.07) is 20.0. The molecule has 0 radical (unpaired) electrons. The lowest BCUT2D eigenvalue weighted by Gasteiger charge is -2.06. The average molecular weight is 431 g/mol. The molecular formula is C28H27FO3. The van der Waals surface area contributed by atoms with E-state index in [1.54, 1.807) is 24.3 Å². The van der Waals surface area contributed by atoms with Crippen LogP contribution in [-0.2, 0) is 0 Å². The van der Waals surface area contributed by atoms with Crippen LogP contribution in [0.3, 0.4) is 0 Å². The van der Waals surface area contributed by atoms with Crippen LogP contribution in [0.4, 0.5) is 4.39 Å². The Morgan fingerprint density at radius 1 is 0.812 bits per heavy atom. The first-order chi connectivity index (χ1) is 15.6. The standard InChI is InChI=1S/C28H27FO3/c1-2-3-4-5-6-20-31-26-16-12-22(13-17-26)10-11-23-14-18-27(19-15-23)32-28(30)24-8-7-9-25(29)21-24/h7-9,12-19,21H,2-6,20H2,1H3. The second-order valence-electron chi connectivity index (χ2n) is 7.46. The molecule has 3 nitrogen and oxygen atoms in total. The van der Waals surface area contributed by atoms with Crippen molar-refractivity contribution >= 4 is 5.97 Å². The monoisotopic (exact) mass is 430 g/mol. The molecule has 0 saturated heterocycles. The minimum absolute atomic E-state index is 0.165. The van der Waals surface area contributed by atoms with Gasteiger partial charge < -0.3 is 9.47 Å². The maximum absolute atomic E-state index is 13.2. The van der Waals surface area contributed by atoms with Gasteiger partial charge in [-0.1, -0.05) is 50.5 Å². The van der Waals surface area contributed by atoms with E-state index in [4.69, 9.17) is 9.47 Å². The fraction of sp³-hybridized carbons (Fsp3) is 0.250. The zero-order chi connectivity index (χ0) is 22.6. The Kier molecular flexibility index (Phi) is 8.89. The molecule has 0 fully saturated rings. The molecule has 4 heteroatoms. The summed E-state index contributed by atoms with van der Waals surface area (Å²) in [5, 5.41) is 0. The van der Waals surface area contributed by atoms with Crippen molar-refractivity contribution in [3.63, 3.8) is 0 Å². The molecule has 0 amide bonds. The van der Waals surface area contributed by atoms with Crippen molar-refractivity contribution in [1.29, 1.82) is 0 Å². The average Bonchev–Trinajstić information content (AvgIpc) is 2.81. The van der Waals surface area contributed by atoms with E-state index < -0.39 is 11.8 Å². The SMILES string of the molecule is CCCCCCCOc1ccc(C#Cc2ccc(OC(=O)c3cccc(F)c3)cc2)cc1. The van der Waals surface area contributed by atoms with Gasteiger partial charge in [0.2, 0.25) is 0 Å². The van der Waals surface area contributed by atoms with Crippen LogP contribution in [0.2, 0.25) is 0 Å². The zero-order valence-corrected chi connectivity index (χ0v) is 18.3. The summed E-state index contributed by atoms with van der Waals surface area (Å²) >= 11 is 0. The van der Waals surface area contributed by atoms with E-state index in [-0.39, 0.29) is 5.56 Å². The molecule has 0 aliphatic heterocycles. The Hall–Kier alpha value is -3.58. The largest absolute Gasteiger partial charge is 0.494 e. The first-order valence-corrected chi connectivity index (χ1v) is 11.0. The molecule has 0 unspecified atom stereocenters. The van der Waals surface area contributed by atoms with Crippen LogP contribution >= 0.6 is 0 Å². The summed E-state index contributed by atoms with van der Waals surface area (Å²) in [7, 11) is 0. The number of halogens is 1. The molecule has 0 N–H and O–H groups in total. The van der Waals surface area contributed by atoms with Crippen LogP contribution in [0.1, 0.15) is 60.5 Å². The third-order valence-electron chi connectivity index (χ3n) is 4.85. The molecular weight excluding hydrogens is 403 g/mol. The van der Waals surface area contributed by atoms with Crippen LogP contribution in [-0.4, -0.2) is 12.6 Å². The highest BCUT2D eigenvalue weighted by molar-refractivity contribution is 5.91. The topological polar surface area (TPSA) is 35.5 Å². The number of ether oxygens (including phenoxy) is 2. The van der Waals surface area contributed by atoms with Gasteiger partial charge in [-0.2, -0.15) is 0 Å². The molecule has 164 valence electrons. The lowest BCUT2D eigenvalue weighted by molar-refractivity contribution is 0.0734. The molecule has 3 aromatic rings. The van der Waals surface area contributed by atoms with Gasteiger partial charge in [-0.05, 0) is 73.2 Å². The lowest BCUT2D eigenvalue weighted by atomic mass is 10.1. The van der Waals surface area contributed by atoms with Crippen molar-refractivity contribution in [2.45, 2.75) is 39.0 Å². The number of hydrogen-bond donors (Lipinski definition) is 0. The molecule has 3 rings (SSSR count). The van der Waals surface area contributed by atoms with Crippen molar-refractivity contribution in [3.8, 4) is 23.3 Å². The Bertz CT molecular complexity index is 1060. The Morgan fingerprint density at radius 2 is 1.44 bits per heavy atom. The van der Waals surface area contributed by atoms with Crippen molar-refractivity contribution in [2.75, 3.05) is 6.61 Å². The van der Waals surface area contributed by atoms with Gasteiger partial charge >= 0.3 is 5.97 Å². The number of esters is 1. The van der Waals surface area contributed by atoms with E-state index in [1.165, 1.54) is 43.9 Å². The molecule has 0 atom stereocenters. The third kappa shape index (κ3) is 7.59. The van der Waals surface area contributed by atoms with E-state index in [1.807, 2.05) is 24.3 Å². The molecule has 0 saturated carbocycles. The van der Waals surface area contributed by atoms with E-state index >= 15 is 0 Å². The molecule has 0 heterocycles. The molecule has 0 aliphatic rings. The maximum Gasteiger partial charge on any atom is 0.343 e. The summed E-state index contributed by atoms with van der Waals surface area (Å²) in [5.74, 6) is 6.36. The number of rotatable bonds is 9. The van der Waals surface area contributed by atoms with E-state index in [9.17, 15) is 9.18 Å². The zero-order valence-electron chi connectivity index (χ0n) is 18.3. The van der Waals surface area contributed by atoms with Gasteiger partial charge in [0.1, 0.15) is 17.3 Å². The van der Waals surface area contributed by atoms with Crippen molar-refractivity contribution in [3.05, 3.63) is 95.3 Å². The van der Waals surface area contributed by atoms with Gasteiger partial charge in [0.25, 0.3) is 0 Å². The van der Waals surface area contributed by atoms with Crippen molar-refractivity contribution in [2.24, 2.45) is 0 Å². The van der Waals surface area contributed by atoms with Crippen molar-refractivity contribution < 1.29 is 18.7 Å². The number of benzene rings is 3. The van der Waals surface area contributed by atoms with Crippen LogP contribution in [0.15, 0.2) is 72.8 Å². The van der Waals surface area contributed by atoms with Crippen LogP contribution < -0.4 is 9.47 Å². The van der Waals surface area contributed by atoms with Gasteiger partial charge in [-0.15, -0.1) is 0 Å². The number of unbranched alkanes of at least 4 members (excludes halogenated alkanes) is 4. The highest BCUT2D eigenvalue weighted by Gasteiger charge is 2.09. The highest BCUT2D eigenvalue weighted by Crippen LogP contribution is 2.16. The number of carbonyl (C=O) groups is 1. The predicted molar refractivity (Wildman–Crippen MR) is 124 cm³/mol. The predicted octanol–water partition coefficient (Wildman–Crippen LogP) is 6.79. The summed E-state index contributed by atoms with van der Waals surface area (Å²) in [4.78, 5) is 12.1. The number of hydrogen-bond acceptors (Lipinski definition) is 3. The second-order valence-corrected chi connectivity index (χ2v) is 7.46. The van der Waals surface area contributed by atoms with E-state index in [0.717, 1.165) is 36.0 Å². The molecule has 0 aromatic heterocycles. The first-order valence-electron chi connectivity index (χ1n) is 11.0. The molecule has 0 bridgehead atoms. The van der Waals surface area contributed by atoms with Gasteiger partial charge in [0.05, 0.1) is 12.2 Å². The highest BCUT2D eigenvalue weighted by atomic mass is 19.1. The van der Waals surface area contributed by atoms with Gasteiger partial charge in [-0.3, -0.25) is 0 Å². The second kappa shape index (κ2) is 12.3.